The van der Waals surface area contributed by atoms with Gasteiger partial charge in [-0.15, -0.1) is 0 Å². The summed E-state index contributed by atoms with van der Waals surface area (Å²) in [6, 6.07) is 0. The van der Waals surface area contributed by atoms with Crippen LogP contribution in [0.4, 0.5) is 0 Å². The molecule has 0 aromatic rings. The van der Waals surface area contributed by atoms with E-state index >= 15 is 0 Å². The smallest absolute Gasteiger partial charge is 0.308 e. The second-order valence-electron chi connectivity index (χ2n) is 6.92. The SMILES string of the molecule is COC(=O)[C@H]1CC[C@H]([C@H]2CC[C@H](C3OCCO3)CC2)CC1. The Balaban J connectivity index is 1.42. The van der Waals surface area contributed by atoms with Crippen LogP contribution < -0.4 is 0 Å². The summed E-state index contributed by atoms with van der Waals surface area (Å²) in [4.78, 5) is 11.6. The maximum atomic E-state index is 11.6. The highest BCUT2D eigenvalue weighted by Crippen LogP contribution is 2.42. The zero-order valence-electron chi connectivity index (χ0n) is 13.1. The van der Waals surface area contributed by atoms with Crippen molar-refractivity contribution >= 4 is 5.97 Å². The molecule has 0 bridgehead atoms. The number of rotatable bonds is 3. The van der Waals surface area contributed by atoms with Gasteiger partial charge in [-0.05, 0) is 63.2 Å². The Morgan fingerprint density at radius 1 is 0.810 bits per heavy atom. The molecule has 0 aromatic carbocycles. The average Bonchev–Trinajstić information content (AvgIpc) is 3.09. The van der Waals surface area contributed by atoms with Gasteiger partial charge in [0.05, 0.1) is 26.2 Å². The highest BCUT2D eigenvalue weighted by Gasteiger charge is 2.36. The van der Waals surface area contributed by atoms with Crippen molar-refractivity contribution in [2.24, 2.45) is 23.7 Å². The molecular weight excluding hydrogens is 268 g/mol. The van der Waals surface area contributed by atoms with Crippen LogP contribution in [0, 0.1) is 23.7 Å². The molecule has 2 saturated carbocycles. The van der Waals surface area contributed by atoms with E-state index in [1.165, 1.54) is 45.6 Å². The summed E-state index contributed by atoms with van der Waals surface area (Å²) in [6.07, 6.45) is 9.61. The lowest BCUT2D eigenvalue weighted by molar-refractivity contribution is -0.147. The van der Waals surface area contributed by atoms with E-state index in [1.54, 1.807) is 0 Å². The highest BCUT2D eigenvalue weighted by atomic mass is 16.7. The van der Waals surface area contributed by atoms with Gasteiger partial charge in [-0.25, -0.2) is 0 Å². The van der Waals surface area contributed by atoms with Gasteiger partial charge in [-0.2, -0.15) is 0 Å². The number of carbonyl (C=O) groups excluding carboxylic acids is 1. The van der Waals surface area contributed by atoms with Crippen LogP contribution in [0.3, 0.4) is 0 Å². The molecule has 1 heterocycles. The van der Waals surface area contributed by atoms with Gasteiger partial charge in [0.2, 0.25) is 0 Å². The van der Waals surface area contributed by atoms with Crippen molar-refractivity contribution in [1.29, 1.82) is 0 Å². The first-order valence-corrected chi connectivity index (χ1v) is 8.59. The minimum Gasteiger partial charge on any atom is -0.469 e. The third kappa shape index (κ3) is 3.59. The summed E-state index contributed by atoms with van der Waals surface area (Å²) >= 11 is 0. The van der Waals surface area contributed by atoms with Crippen molar-refractivity contribution < 1.29 is 19.0 Å². The molecule has 21 heavy (non-hydrogen) atoms. The second-order valence-corrected chi connectivity index (χ2v) is 6.92. The minimum atomic E-state index is -0.00677. The summed E-state index contributed by atoms with van der Waals surface area (Å²) in [5.41, 5.74) is 0. The largest absolute Gasteiger partial charge is 0.469 e. The Bertz CT molecular complexity index is 335. The van der Waals surface area contributed by atoms with Gasteiger partial charge < -0.3 is 14.2 Å². The van der Waals surface area contributed by atoms with Crippen molar-refractivity contribution in [1.82, 2.24) is 0 Å². The van der Waals surface area contributed by atoms with E-state index < -0.39 is 0 Å². The molecule has 0 N–H and O–H groups in total. The van der Waals surface area contributed by atoms with Crippen LogP contribution in [0.25, 0.3) is 0 Å². The van der Waals surface area contributed by atoms with Gasteiger partial charge in [0, 0.05) is 5.92 Å². The van der Waals surface area contributed by atoms with E-state index in [2.05, 4.69) is 0 Å². The molecule has 3 rings (SSSR count). The molecular formula is C17H28O4. The molecule has 3 fully saturated rings. The van der Waals surface area contributed by atoms with Crippen molar-refractivity contribution in [3.05, 3.63) is 0 Å². The summed E-state index contributed by atoms with van der Waals surface area (Å²) in [6.45, 7) is 1.53. The predicted molar refractivity (Wildman–Crippen MR) is 78.6 cm³/mol. The molecule has 0 amide bonds. The Labute approximate surface area is 127 Å². The number of hydrogen-bond acceptors (Lipinski definition) is 4. The Hall–Kier alpha value is -0.610. The summed E-state index contributed by atoms with van der Waals surface area (Å²) in [5, 5.41) is 0. The van der Waals surface area contributed by atoms with Crippen LogP contribution >= 0.6 is 0 Å². The average molecular weight is 296 g/mol. The van der Waals surface area contributed by atoms with Crippen LogP contribution in [-0.2, 0) is 19.0 Å². The van der Waals surface area contributed by atoms with Gasteiger partial charge >= 0.3 is 5.97 Å². The molecule has 1 aliphatic heterocycles. The van der Waals surface area contributed by atoms with Crippen molar-refractivity contribution in [3.63, 3.8) is 0 Å². The highest BCUT2D eigenvalue weighted by molar-refractivity contribution is 5.72. The molecule has 4 heteroatoms. The third-order valence-electron chi connectivity index (χ3n) is 5.82. The molecule has 0 spiro atoms. The van der Waals surface area contributed by atoms with Gasteiger partial charge in [0.15, 0.2) is 6.29 Å². The van der Waals surface area contributed by atoms with Crippen LogP contribution in [0.15, 0.2) is 0 Å². The fourth-order valence-electron chi connectivity index (χ4n) is 4.53. The monoisotopic (exact) mass is 296 g/mol. The predicted octanol–water partition coefficient (Wildman–Crippen LogP) is 3.15. The molecule has 0 atom stereocenters. The maximum absolute atomic E-state index is 11.6. The standard InChI is InChI=1S/C17H28O4/c1-19-16(18)14-6-2-12(3-7-14)13-4-8-15(9-5-13)17-20-10-11-21-17/h12-15,17H,2-11H2,1H3/t12-,13-,14-,15-. The van der Waals surface area contributed by atoms with Crippen LogP contribution in [0.5, 0.6) is 0 Å². The maximum Gasteiger partial charge on any atom is 0.308 e. The van der Waals surface area contributed by atoms with E-state index in [9.17, 15) is 4.79 Å². The zero-order chi connectivity index (χ0) is 14.7. The molecule has 4 nitrogen and oxygen atoms in total. The first kappa shape index (κ1) is 15.3. The molecule has 3 aliphatic rings. The second kappa shape index (κ2) is 7.10. The van der Waals surface area contributed by atoms with Gasteiger partial charge in [-0.3, -0.25) is 4.79 Å². The molecule has 1 saturated heterocycles. The Morgan fingerprint density at radius 3 is 1.81 bits per heavy atom. The Morgan fingerprint density at radius 2 is 1.29 bits per heavy atom. The number of hydrogen-bond donors (Lipinski definition) is 0. The fraction of sp³-hybridized carbons (Fsp3) is 0.941. The topological polar surface area (TPSA) is 44.8 Å². The first-order chi connectivity index (χ1) is 10.3. The van der Waals surface area contributed by atoms with Crippen LogP contribution in [-0.4, -0.2) is 32.6 Å². The van der Waals surface area contributed by atoms with E-state index in [4.69, 9.17) is 14.2 Å². The van der Waals surface area contributed by atoms with Crippen LogP contribution in [0.2, 0.25) is 0 Å². The molecule has 0 radical (unpaired) electrons. The van der Waals surface area contributed by atoms with Crippen LogP contribution in [0.1, 0.15) is 51.4 Å². The molecule has 2 aliphatic carbocycles. The number of ether oxygens (including phenoxy) is 3. The lowest BCUT2D eigenvalue weighted by Gasteiger charge is -2.38. The first-order valence-electron chi connectivity index (χ1n) is 8.59. The van der Waals surface area contributed by atoms with E-state index in [-0.39, 0.29) is 18.2 Å². The lowest BCUT2D eigenvalue weighted by Crippen LogP contribution is -2.31. The van der Waals surface area contributed by atoms with E-state index in [0.29, 0.717) is 5.92 Å². The molecule has 0 aromatic heterocycles. The summed E-state index contributed by atoms with van der Waals surface area (Å²) in [5.74, 6) is 2.42. The number of esters is 1. The van der Waals surface area contributed by atoms with Crippen molar-refractivity contribution in [3.8, 4) is 0 Å². The van der Waals surface area contributed by atoms with Crippen molar-refractivity contribution in [2.75, 3.05) is 20.3 Å². The normalized spacial score (nSPS) is 38.3. The quantitative estimate of drug-likeness (QED) is 0.751. The number of methoxy groups -OCH3 is 1. The van der Waals surface area contributed by atoms with E-state index in [1.807, 2.05) is 0 Å². The third-order valence-corrected chi connectivity index (χ3v) is 5.82. The lowest BCUT2D eigenvalue weighted by atomic mass is 9.69. The van der Waals surface area contributed by atoms with Crippen molar-refractivity contribution in [2.45, 2.75) is 57.7 Å². The Kier molecular flexibility index (Phi) is 5.17. The zero-order valence-corrected chi connectivity index (χ0v) is 13.1. The van der Waals surface area contributed by atoms with E-state index in [0.717, 1.165) is 37.9 Å². The van der Waals surface area contributed by atoms with Gasteiger partial charge in [-0.1, -0.05) is 0 Å². The number of carbonyl (C=O) groups is 1. The fourth-order valence-corrected chi connectivity index (χ4v) is 4.53. The summed E-state index contributed by atoms with van der Waals surface area (Å²) in [7, 11) is 1.50. The van der Waals surface area contributed by atoms with Gasteiger partial charge in [0.1, 0.15) is 0 Å². The minimum absolute atomic E-state index is 0.00677. The van der Waals surface area contributed by atoms with Gasteiger partial charge in [0.25, 0.3) is 0 Å². The summed E-state index contributed by atoms with van der Waals surface area (Å²) < 4.78 is 16.2. The molecule has 0 unspecified atom stereocenters. The molecule has 120 valence electrons.